The van der Waals surface area contributed by atoms with Gasteiger partial charge in [-0.25, -0.2) is 4.79 Å². The molecular weight excluding hydrogens is 302 g/mol. The van der Waals surface area contributed by atoms with Gasteiger partial charge in [-0.2, -0.15) is 0 Å². The lowest BCUT2D eigenvalue weighted by atomic mass is 10.1. The van der Waals surface area contributed by atoms with Crippen LogP contribution in [0.5, 0.6) is 11.5 Å². The van der Waals surface area contributed by atoms with E-state index in [-0.39, 0.29) is 25.7 Å². The maximum absolute atomic E-state index is 12.6. The third-order valence-corrected chi connectivity index (χ3v) is 3.83. The van der Waals surface area contributed by atoms with Gasteiger partial charge in [0.25, 0.3) is 5.91 Å². The molecule has 2 heterocycles. The molecule has 1 aromatic rings. The van der Waals surface area contributed by atoms with Gasteiger partial charge in [-0.3, -0.25) is 4.79 Å². The lowest BCUT2D eigenvalue weighted by Gasteiger charge is -2.32. The summed E-state index contributed by atoms with van der Waals surface area (Å²) in [5.74, 6) is 0.0711. The molecule has 0 aliphatic carbocycles. The maximum atomic E-state index is 12.6. The summed E-state index contributed by atoms with van der Waals surface area (Å²) in [7, 11) is 1.57. The Morgan fingerprint density at radius 1 is 1.39 bits per heavy atom. The number of aliphatic carboxylic acids is 1. The van der Waals surface area contributed by atoms with Crippen molar-refractivity contribution in [2.75, 3.05) is 33.4 Å². The van der Waals surface area contributed by atoms with E-state index in [2.05, 4.69) is 0 Å². The maximum Gasteiger partial charge on any atom is 0.334 e. The van der Waals surface area contributed by atoms with Crippen LogP contribution in [0.2, 0.25) is 0 Å². The Morgan fingerprint density at radius 3 is 2.96 bits per heavy atom. The molecule has 1 N–H and O–H groups in total. The fraction of sp³-hybridized carbons (Fsp3) is 0.375. The zero-order valence-corrected chi connectivity index (χ0v) is 12.7. The van der Waals surface area contributed by atoms with Crippen molar-refractivity contribution in [1.29, 1.82) is 0 Å². The summed E-state index contributed by atoms with van der Waals surface area (Å²) in [6, 6.07) is 5.38. The average Bonchev–Trinajstić information content (AvgIpc) is 2.60. The van der Waals surface area contributed by atoms with Crippen molar-refractivity contribution in [2.24, 2.45) is 0 Å². The third kappa shape index (κ3) is 3.14. The van der Waals surface area contributed by atoms with Crippen LogP contribution in [0.15, 0.2) is 23.8 Å². The minimum atomic E-state index is -1.06. The first-order valence-corrected chi connectivity index (χ1v) is 7.23. The van der Waals surface area contributed by atoms with E-state index in [9.17, 15) is 9.59 Å². The first-order chi connectivity index (χ1) is 11.1. The second-order valence-corrected chi connectivity index (χ2v) is 5.31. The van der Waals surface area contributed by atoms with Gasteiger partial charge in [0.2, 0.25) is 0 Å². The van der Waals surface area contributed by atoms with Gasteiger partial charge >= 0.3 is 5.97 Å². The Bertz CT molecular complexity index is 669. The molecule has 2 aliphatic heterocycles. The summed E-state index contributed by atoms with van der Waals surface area (Å²) >= 11 is 0. The number of amides is 1. The molecule has 1 unspecified atom stereocenters. The molecule has 2 aliphatic rings. The number of hydrogen-bond acceptors (Lipinski definition) is 5. The van der Waals surface area contributed by atoms with Gasteiger partial charge < -0.3 is 24.2 Å². The zero-order chi connectivity index (χ0) is 16.4. The monoisotopic (exact) mass is 319 g/mol. The molecule has 1 atom stereocenters. The molecule has 0 spiro atoms. The topological polar surface area (TPSA) is 85.3 Å². The van der Waals surface area contributed by atoms with E-state index in [0.717, 1.165) is 5.56 Å². The molecule has 0 saturated carbocycles. The molecule has 0 radical (unpaired) electrons. The van der Waals surface area contributed by atoms with E-state index in [1.54, 1.807) is 31.4 Å². The van der Waals surface area contributed by atoms with Crippen molar-refractivity contribution in [2.45, 2.75) is 6.10 Å². The average molecular weight is 319 g/mol. The summed E-state index contributed by atoms with van der Waals surface area (Å²) in [5.41, 5.74) is 1.25. The Balaban J connectivity index is 1.79. The molecule has 23 heavy (non-hydrogen) atoms. The lowest BCUT2D eigenvalue weighted by molar-refractivity contribution is -0.158. The van der Waals surface area contributed by atoms with E-state index in [4.69, 9.17) is 19.3 Å². The standard InChI is InChI=1S/C16H17NO6/c1-21-12-2-3-13-10(7-12)6-11(9-23-13)15(18)17-4-5-22-14(8-17)16(19)20/h2-3,6-7,14H,4-5,8-9H2,1H3,(H,19,20). The number of ether oxygens (including phenoxy) is 3. The Hall–Kier alpha value is -2.54. The summed E-state index contributed by atoms with van der Waals surface area (Å²) in [6.45, 7) is 0.774. The fourth-order valence-corrected chi connectivity index (χ4v) is 2.59. The van der Waals surface area contributed by atoms with Crippen LogP contribution in [-0.4, -0.2) is 61.4 Å². The number of methoxy groups -OCH3 is 1. The molecule has 0 aromatic heterocycles. The number of benzene rings is 1. The Kier molecular flexibility index (Phi) is 4.20. The number of carbonyl (C=O) groups is 2. The molecule has 7 heteroatoms. The van der Waals surface area contributed by atoms with Gasteiger partial charge in [-0.15, -0.1) is 0 Å². The van der Waals surface area contributed by atoms with Crippen LogP contribution >= 0.6 is 0 Å². The minimum Gasteiger partial charge on any atom is -0.497 e. The lowest BCUT2D eigenvalue weighted by Crippen LogP contribution is -2.49. The number of morpholine rings is 1. The van der Waals surface area contributed by atoms with Crippen molar-refractivity contribution in [3.63, 3.8) is 0 Å². The molecule has 1 saturated heterocycles. The quantitative estimate of drug-likeness (QED) is 0.886. The molecule has 122 valence electrons. The normalized spacial score (nSPS) is 20.1. The van der Waals surface area contributed by atoms with Gasteiger partial charge in [-0.05, 0) is 24.3 Å². The highest BCUT2D eigenvalue weighted by atomic mass is 16.5. The molecular formula is C16H17NO6. The van der Waals surface area contributed by atoms with Crippen molar-refractivity contribution in [3.05, 3.63) is 29.3 Å². The van der Waals surface area contributed by atoms with Gasteiger partial charge in [0.1, 0.15) is 18.1 Å². The van der Waals surface area contributed by atoms with E-state index in [1.165, 1.54) is 4.90 Å². The molecule has 1 fully saturated rings. The number of carboxylic acids is 1. The predicted molar refractivity (Wildman–Crippen MR) is 80.4 cm³/mol. The molecule has 1 aromatic carbocycles. The van der Waals surface area contributed by atoms with Gasteiger partial charge in [-0.1, -0.05) is 0 Å². The largest absolute Gasteiger partial charge is 0.497 e. The number of carboxylic acid groups (broad SMARTS) is 1. The van der Waals surface area contributed by atoms with E-state index >= 15 is 0 Å². The van der Waals surface area contributed by atoms with Crippen LogP contribution in [-0.2, 0) is 14.3 Å². The second-order valence-electron chi connectivity index (χ2n) is 5.31. The Labute approximate surface area is 133 Å². The number of fused-ring (bicyclic) bond motifs is 1. The highest BCUT2D eigenvalue weighted by Gasteiger charge is 2.31. The first kappa shape index (κ1) is 15.4. The van der Waals surface area contributed by atoms with Crippen molar-refractivity contribution in [1.82, 2.24) is 4.90 Å². The fourth-order valence-electron chi connectivity index (χ4n) is 2.59. The number of nitrogens with zero attached hydrogens (tertiary/aromatic N) is 1. The van der Waals surface area contributed by atoms with Crippen LogP contribution in [0.4, 0.5) is 0 Å². The summed E-state index contributed by atoms with van der Waals surface area (Å²) in [5, 5.41) is 9.02. The zero-order valence-electron chi connectivity index (χ0n) is 12.7. The van der Waals surface area contributed by atoms with Crippen molar-refractivity contribution >= 4 is 18.0 Å². The van der Waals surface area contributed by atoms with Gasteiger partial charge in [0, 0.05) is 12.1 Å². The minimum absolute atomic E-state index is 0.0382. The Morgan fingerprint density at radius 2 is 2.22 bits per heavy atom. The van der Waals surface area contributed by atoms with Crippen molar-refractivity contribution < 1.29 is 28.9 Å². The van der Waals surface area contributed by atoms with Gasteiger partial charge in [0.15, 0.2) is 6.10 Å². The van der Waals surface area contributed by atoms with Gasteiger partial charge in [0.05, 0.1) is 25.8 Å². The number of carbonyl (C=O) groups excluding carboxylic acids is 1. The first-order valence-electron chi connectivity index (χ1n) is 7.23. The van der Waals surface area contributed by atoms with Crippen molar-refractivity contribution in [3.8, 4) is 11.5 Å². The molecule has 0 bridgehead atoms. The molecule has 3 rings (SSSR count). The highest BCUT2D eigenvalue weighted by Crippen LogP contribution is 2.30. The van der Waals surface area contributed by atoms with Crippen LogP contribution in [0.25, 0.3) is 6.08 Å². The molecule has 7 nitrogen and oxygen atoms in total. The van der Waals surface area contributed by atoms with E-state index < -0.39 is 12.1 Å². The summed E-state index contributed by atoms with van der Waals surface area (Å²) in [6.07, 6.45) is 0.778. The SMILES string of the molecule is COc1ccc2c(c1)C=C(C(=O)N1CCOC(C(=O)O)C1)CO2. The summed E-state index contributed by atoms with van der Waals surface area (Å²) in [4.78, 5) is 25.1. The summed E-state index contributed by atoms with van der Waals surface area (Å²) < 4.78 is 15.9. The smallest absolute Gasteiger partial charge is 0.334 e. The van der Waals surface area contributed by atoms with Crippen LogP contribution in [0, 0.1) is 0 Å². The highest BCUT2D eigenvalue weighted by molar-refractivity contribution is 5.99. The van der Waals surface area contributed by atoms with Crippen LogP contribution < -0.4 is 9.47 Å². The third-order valence-electron chi connectivity index (χ3n) is 3.83. The number of hydrogen-bond donors (Lipinski definition) is 1. The van der Waals surface area contributed by atoms with Crippen LogP contribution in [0.1, 0.15) is 5.56 Å². The van der Waals surface area contributed by atoms with Crippen LogP contribution in [0.3, 0.4) is 0 Å². The number of rotatable bonds is 3. The predicted octanol–water partition coefficient (Wildman–Crippen LogP) is 0.783. The second kappa shape index (κ2) is 6.29. The van der Waals surface area contributed by atoms with E-state index in [1.807, 2.05) is 0 Å². The van der Waals surface area contributed by atoms with E-state index in [0.29, 0.717) is 23.6 Å². The molecule has 1 amide bonds.